The molecule has 2 fully saturated rings. The second kappa shape index (κ2) is 14.6. The molecule has 2 aliphatic heterocycles. The number of amides is 4. The molecule has 5 rings (SSSR count). The molecule has 8 heteroatoms. The number of benzene rings is 3. The Morgan fingerprint density at radius 3 is 1.70 bits per heavy atom. The smallest absolute Gasteiger partial charge is 0.312 e. The lowest BCUT2D eigenvalue weighted by molar-refractivity contribution is -0.159. The Morgan fingerprint density at radius 2 is 1.12 bits per heavy atom. The summed E-state index contributed by atoms with van der Waals surface area (Å²) in [5.41, 5.74) is 3.40. The summed E-state index contributed by atoms with van der Waals surface area (Å²) < 4.78 is 0. The lowest BCUT2D eigenvalue weighted by Gasteiger charge is -2.41. The van der Waals surface area contributed by atoms with Crippen LogP contribution in [0.1, 0.15) is 36.0 Å². The minimum atomic E-state index is -0.553. The van der Waals surface area contributed by atoms with Crippen LogP contribution in [0.3, 0.4) is 0 Å². The van der Waals surface area contributed by atoms with Crippen molar-refractivity contribution in [3.63, 3.8) is 0 Å². The molecule has 2 unspecified atom stereocenters. The van der Waals surface area contributed by atoms with Crippen molar-refractivity contribution in [2.75, 3.05) is 32.7 Å². The molecule has 0 bridgehead atoms. The zero-order chi connectivity index (χ0) is 30.0. The van der Waals surface area contributed by atoms with Crippen LogP contribution in [0.4, 0.5) is 0 Å². The molecule has 2 atom stereocenters. The number of hydrogen-bond acceptors (Lipinski definition) is 4. The van der Waals surface area contributed by atoms with Crippen LogP contribution in [-0.2, 0) is 38.4 Å². The third-order valence-corrected chi connectivity index (χ3v) is 8.50. The molecule has 0 aliphatic carbocycles. The fourth-order valence-corrected chi connectivity index (χ4v) is 6.10. The van der Waals surface area contributed by atoms with Crippen molar-refractivity contribution < 1.29 is 19.2 Å². The van der Waals surface area contributed by atoms with Gasteiger partial charge in [-0.15, -0.1) is 0 Å². The summed E-state index contributed by atoms with van der Waals surface area (Å²) in [6, 6.07) is 29.9. The van der Waals surface area contributed by atoms with Crippen LogP contribution in [0.5, 0.6) is 0 Å². The van der Waals surface area contributed by atoms with Gasteiger partial charge in [-0.25, -0.2) is 0 Å². The Labute approximate surface area is 253 Å². The van der Waals surface area contributed by atoms with Crippen molar-refractivity contribution in [3.05, 3.63) is 108 Å². The fourth-order valence-electron chi connectivity index (χ4n) is 6.10. The highest BCUT2D eigenvalue weighted by Crippen LogP contribution is 2.20. The van der Waals surface area contributed by atoms with Crippen LogP contribution in [-0.4, -0.2) is 83.1 Å². The molecule has 8 nitrogen and oxygen atoms in total. The SMILES string of the molecule is O=C1NCC(CCCCN2CC(Cc3ccccc3)N(CCc3ccccc3)C(=O)C2=O)N(CCc2ccccc2)C1=O. The minimum Gasteiger partial charge on any atom is -0.346 e. The Hall–Kier alpha value is -4.46. The summed E-state index contributed by atoms with van der Waals surface area (Å²) in [4.78, 5) is 56.6. The molecule has 3 aromatic carbocycles. The molecule has 0 radical (unpaired) electrons. The lowest BCUT2D eigenvalue weighted by atomic mass is 10.00. The Morgan fingerprint density at radius 1 is 0.581 bits per heavy atom. The summed E-state index contributed by atoms with van der Waals surface area (Å²) in [6.07, 6.45) is 4.27. The first-order valence-electron chi connectivity index (χ1n) is 15.3. The number of unbranched alkanes of at least 4 members (excludes halogenated alkanes) is 1. The standard InChI is InChI=1S/C35H40N4O4/c40-32-33(41)38(22-19-27-12-4-1-5-13-27)30(25-36-32)18-10-11-21-37-26-31(24-29-16-8-3-9-17-29)39(35(43)34(37)42)23-20-28-14-6-2-7-15-28/h1-9,12-17,30-31H,10-11,18-26H2,(H,36,40). The first-order valence-corrected chi connectivity index (χ1v) is 15.3. The highest BCUT2D eigenvalue weighted by molar-refractivity contribution is 6.36. The van der Waals surface area contributed by atoms with E-state index in [2.05, 4.69) is 17.4 Å². The van der Waals surface area contributed by atoms with E-state index in [-0.39, 0.29) is 12.1 Å². The molecule has 2 heterocycles. The van der Waals surface area contributed by atoms with Gasteiger partial charge in [-0.2, -0.15) is 0 Å². The first kappa shape index (κ1) is 30.0. The molecule has 43 heavy (non-hydrogen) atoms. The van der Waals surface area contributed by atoms with Gasteiger partial charge >= 0.3 is 23.6 Å². The fraction of sp³-hybridized carbons (Fsp3) is 0.371. The van der Waals surface area contributed by atoms with Crippen LogP contribution in [0.25, 0.3) is 0 Å². The highest BCUT2D eigenvalue weighted by Gasteiger charge is 2.39. The maximum Gasteiger partial charge on any atom is 0.312 e. The second-order valence-corrected chi connectivity index (χ2v) is 11.4. The van der Waals surface area contributed by atoms with Gasteiger partial charge in [-0.05, 0) is 55.2 Å². The van der Waals surface area contributed by atoms with E-state index in [4.69, 9.17) is 0 Å². The minimum absolute atomic E-state index is 0.0908. The van der Waals surface area contributed by atoms with Crippen LogP contribution in [0, 0.1) is 0 Å². The summed E-state index contributed by atoms with van der Waals surface area (Å²) in [6.45, 7) is 2.39. The first-order chi connectivity index (χ1) is 21.0. The largest absolute Gasteiger partial charge is 0.346 e. The van der Waals surface area contributed by atoms with Gasteiger partial charge in [-0.1, -0.05) is 91.0 Å². The molecule has 0 aromatic heterocycles. The van der Waals surface area contributed by atoms with Gasteiger partial charge in [0, 0.05) is 38.8 Å². The van der Waals surface area contributed by atoms with Gasteiger partial charge in [0.25, 0.3) is 0 Å². The number of carbonyl (C=O) groups excluding carboxylic acids is 4. The number of rotatable bonds is 13. The third kappa shape index (κ3) is 7.89. The van der Waals surface area contributed by atoms with Gasteiger partial charge in [0.1, 0.15) is 0 Å². The van der Waals surface area contributed by atoms with E-state index in [0.29, 0.717) is 64.8 Å². The van der Waals surface area contributed by atoms with Gasteiger partial charge < -0.3 is 20.0 Å². The Balaban J connectivity index is 1.17. The van der Waals surface area contributed by atoms with Crippen LogP contribution < -0.4 is 5.32 Å². The molecule has 224 valence electrons. The van der Waals surface area contributed by atoms with E-state index < -0.39 is 23.6 Å². The van der Waals surface area contributed by atoms with E-state index in [1.165, 1.54) is 0 Å². The van der Waals surface area contributed by atoms with E-state index >= 15 is 0 Å². The van der Waals surface area contributed by atoms with E-state index in [1.807, 2.05) is 78.9 Å². The van der Waals surface area contributed by atoms with Crippen LogP contribution in [0.2, 0.25) is 0 Å². The van der Waals surface area contributed by atoms with Crippen molar-refractivity contribution in [2.45, 2.75) is 50.6 Å². The van der Waals surface area contributed by atoms with Crippen molar-refractivity contribution in [1.29, 1.82) is 0 Å². The maximum absolute atomic E-state index is 13.4. The molecule has 4 amide bonds. The zero-order valence-electron chi connectivity index (χ0n) is 24.6. The number of nitrogens with zero attached hydrogens (tertiary/aromatic N) is 3. The Kier molecular flexibility index (Phi) is 10.2. The van der Waals surface area contributed by atoms with Gasteiger partial charge in [0.2, 0.25) is 0 Å². The monoisotopic (exact) mass is 580 g/mol. The summed E-state index contributed by atoms with van der Waals surface area (Å²) in [7, 11) is 0. The maximum atomic E-state index is 13.4. The van der Waals surface area contributed by atoms with Crippen LogP contribution >= 0.6 is 0 Å². The molecule has 1 N–H and O–H groups in total. The van der Waals surface area contributed by atoms with E-state index in [1.54, 1.807) is 14.7 Å². The van der Waals surface area contributed by atoms with Crippen molar-refractivity contribution in [2.24, 2.45) is 0 Å². The predicted molar refractivity (Wildman–Crippen MR) is 165 cm³/mol. The number of carbonyl (C=O) groups is 4. The number of piperazine rings is 2. The topological polar surface area (TPSA) is 90.0 Å². The molecule has 2 saturated heterocycles. The highest BCUT2D eigenvalue weighted by atomic mass is 16.2. The van der Waals surface area contributed by atoms with Gasteiger partial charge in [0.05, 0.1) is 6.04 Å². The van der Waals surface area contributed by atoms with Crippen molar-refractivity contribution in [1.82, 2.24) is 20.0 Å². The van der Waals surface area contributed by atoms with E-state index in [9.17, 15) is 19.2 Å². The molecule has 2 aliphatic rings. The van der Waals surface area contributed by atoms with Crippen molar-refractivity contribution >= 4 is 23.6 Å². The molecule has 0 spiro atoms. The molecular weight excluding hydrogens is 540 g/mol. The van der Waals surface area contributed by atoms with E-state index in [0.717, 1.165) is 23.1 Å². The summed E-state index contributed by atoms with van der Waals surface area (Å²) >= 11 is 0. The predicted octanol–water partition coefficient (Wildman–Crippen LogP) is 3.25. The molecule has 3 aromatic rings. The normalized spacial score (nSPS) is 19.1. The summed E-state index contributed by atoms with van der Waals surface area (Å²) in [5, 5.41) is 2.73. The number of hydrogen-bond donors (Lipinski definition) is 1. The average Bonchev–Trinajstić information content (AvgIpc) is 3.04. The third-order valence-electron chi connectivity index (χ3n) is 8.50. The van der Waals surface area contributed by atoms with Crippen LogP contribution in [0.15, 0.2) is 91.0 Å². The van der Waals surface area contributed by atoms with Gasteiger partial charge in [0.15, 0.2) is 0 Å². The second-order valence-electron chi connectivity index (χ2n) is 11.4. The zero-order valence-corrected chi connectivity index (χ0v) is 24.6. The average molecular weight is 581 g/mol. The summed E-state index contributed by atoms with van der Waals surface area (Å²) in [5.74, 6) is -1.91. The quantitative estimate of drug-likeness (QED) is 0.248. The van der Waals surface area contributed by atoms with Gasteiger partial charge in [-0.3, -0.25) is 19.2 Å². The Bertz CT molecular complexity index is 1380. The number of nitrogens with one attached hydrogen (secondary N) is 1. The molecular formula is C35H40N4O4. The van der Waals surface area contributed by atoms with Crippen molar-refractivity contribution in [3.8, 4) is 0 Å². The molecule has 0 saturated carbocycles. The lowest BCUT2D eigenvalue weighted by Crippen LogP contribution is -2.60.